The molecule has 1 N–H and O–H groups in total. The van der Waals surface area contributed by atoms with E-state index in [-0.39, 0.29) is 24.5 Å². The first-order valence-electron chi connectivity index (χ1n) is 9.30. The highest BCUT2D eigenvalue weighted by molar-refractivity contribution is 9.10. The standard InChI is InChI=1S/C22H27BrN2O3/c1-15(2)24-22(27)17(4)25(13-18-9-7-10-19(23)12-18)21(26)14-28-20-11-6-5-8-16(20)3/h5-12,15,17H,13-14H2,1-4H3,(H,24,27)/t17-/m0/s1. The Morgan fingerprint density at radius 1 is 1.11 bits per heavy atom. The number of aryl methyl sites for hydroxylation is 1. The molecule has 0 aromatic heterocycles. The van der Waals surface area contributed by atoms with E-state index in [1.54, 1.807) is 11.8 Å². The number of rotatable bonds is 8. The average Bonchev–Trinajstić information content (AvgIpc) is 2.64. The lowest BCUT2D eigenvalue weighted by Crippen LogP contribution is -2.50. The molecule has 0 heterocycles. The van der Waals surface area contributed by atoms with Gasteiger partial charge in [0.15, 0.2) is 6.61 Å². The Morgan fingerprint density at radius 2 is 1.82 bits per heavy atom. The number of hydrogen-bond acceptors (Lipinski definition) is 3. The summed E-state index contributed by atoms with van der Waals surface area (Å²) in [6.07, 6.45) is 0. The number of carbonyl (C=O) groups excluding carboxylic acids is 2. The van der Waals surface area contributed by atoms with Crippen LogP contribution in [0.4, 0.5) is 0 Å². The van der Waals surface area contributed by atoms with Crippen LogP contribution < -0.4 is 10.1 Å². The third-order valence-electron chi connectivity index (χ3n) is 4.28. The van der Waals surface area contributed by atoms with Crippen LogP contribution >= 0.6 is 15.9 Å². The van der Waals surface area contributed by atoms with Crippen LogP contribution in [0.15, 0.2) is 53.0 Å². The van der Waals surface area contributed by atoms with Crippen molar-refractivity contribution < 1.29 is 14.3 Å². The van der Waals surface area contributed by atoms with Crippen LogP contribution in [0.1, 0.15) is 31.9 Å². The van der Waals surface area contributed by atoms with Gasteiger partial charge in [0, 0.05) is 17.1 Å². The van der Waals surface area contributed by atoms with Crippen LogP contribution in [0.3, 0.4) is 0 Å². The molecule has 0 unspecified atom stereocenters. The van der Waals surface area contributed by atoms with Crippen LogP contribution in [-0.2, 0) is 16.1 Å². The number of halogens is 1. The van der Waals surface area contributed by atoms with Gasteiger partial charge in [-0.3, -0.25) is 9.59 Å². The van der Waals surface area contributed by atoms with Gasteiger partial charge in [0.2, 0.25) is 5.91 Å². The van der Waals surface area contributed by atoms with Crippen molar-refractivity contribution >= 4 is 27.7 Å². The molecule has 0 bridgehead atoms. The summed E-state index contributed by atoms with van der Waals surface area (Å²) in [6, 6.07) is 14.6. The van der Waals surface area contributed by atoms with Crippen LogP contribution in [-0.4, -0.2) is 35.4 Å². The normalized spacial score (nSPS) is 11.8. The SMILES string of the molecule is Cc1ccccc1OCC(=O)N(Cc1cccc(Br)c1)[C@@H](C)C(=O)NC(C)C. The van der Waals surface area contributed by atoms with Gasteiger partial charge in [0.05, 0.1) is 0 Å². The number of nitrogens with zero attached hydrogens (tertiary/aromatic N) is 1. The second-order valence-corrected chi connectivity index (χ2v) is 7.96. The second-order valence-electron chi connectivity index (χ2n) is 7.04. The Hall–Kier alpha value is -2.34. The highest BCUT2D eigenvalue weighted by atomic mass is 79.9. The Balaban J connectivity index is 2.17. The van der Waals surface area contributed by atoms with E-state index in [4.69, 9.17) is 4.74 Å². The van der Waals surface area contributed by atoms with Crippen molar-refractivity contribution in [1.29, 1.82) is 0 Å². The molecule has 28 heavy (non-hydrogen) atoms. The molecule has 0 aliphatic carbocycles. The minimum Gasteiger partial charge on any atom is -0.484 e. The van der Waals surface area contributed by atoms with Gasteiger partial charge in [0.25, 0.3) is 5.91 Å². The zero-order valence-electron chi connectivity index (χ0n) is 16.7. The first kappa shape index (κ1) is 22.0. The van der Waals surface area contributed by atoms with Crippen LogP contribution in [0.2, 0.25) is 0 Å². The maximum atomic E-state index is 13.0. The van der Waals surface area contributed by atoms with Gasteiger partial charge in [-0.05, 0) is 57.0 Å². The van der Waals surface area contributed by atoms with E-state index in [0.717, 1.165) is 15.6 Å². The molecule has 0 saturated carbocycles. The molecule has 2 aromatic carbocycles. The van der Waals surface area contributed by atoms with Gasteiger partial charge in [-0.15, -0.1) is 0 Å². The third kappa shape index (κ3) is 6.37. The monoisotopic (exact) mass is 446 g/mol. The zero-order chi connectivity index (χ0) is 20.7. The summed E-state index contributed by atoms with van der Waals surface area (Å²) in [6.45, 7) is 7.65. The molecular formula is C22H27BrN2O3. The fourth-order valence-electron chi connectivity index (χ4n) is 2.76. The van der Waals surface area contributed by atoms with Crippen LogP contribution in [0.25, 0.3) is 0 Å². The quantitative estimate of drug-likeness (QED) is 0.664. The predicted octanol–water partition coefficient (Wildman–Crippen LogP) is 4.08. The number of amides is 2. The molecule has 6 heteroatoms. The molecule has 0 fully saturated rings. The van der Waals surface area contributed by atoms with Gasteiger partial charge in [-0.25, -0.2) is 0 Å². The number of ether oxygens (including phenoxy) is 1. The summed E-state index contributed by atoms with van der Waals surface area (Å²) < 4.78 is 6.64. The largest absolute Gasteiger partial charge is 0.484 e. The van der Waals surface area contributed by atoms with Crippen molar-refractivity contribution in [3.8, 4) is 5.75 Å². The number of nitrogens with one attached hydrogen (secondary N) is 1. The second kappa shape index (κ2) is 10.3. The van der Waals surface area contributed by atoms with E-state index in [0.29, 0.717) is 12.3 Å². The molecule has 150 valence electrons. The van der Waals surface area contributed by atoms with E-state index in [2.05, 4.69) is 21.2 Å². The summed E-state index contributed by atoms with van der Waals surface area (Å²) in [5.74, 6) is 0.237. The summed E-state index contributed by atoms with van der Waals surface area (Å²) in [5, 5.41) is 2.88. The number of hydrogen-bond donors (Lipinski definition) is 1. The van der Waals surface area contributed by atoms with Crippen LogP contribution in [0, 0.1) is 6.92 Å². The van der Waals surface area contributed by atoms with Gasteiger partial charge >= 0.3 is 0 Å². The van der Waals surface area contributed by atoms with Crippen molar-refractivity contribution in [2.24, 2.45) is 0 Å². The van der Waals surface area contributed by atoms with Crippen molar-refractivity contribution in [3.05, 3.63) is 64.1 Å². The third-order valence-corrected chi connectivity index (χ3v) is 4.78. The van der Waals surface area contributed by atoms with Crippen molar-refractivity contribution in [3.63, 3.8) is 0 Å². The lowest BCUT2D eigenvalue weighted by Gasteiger charge is -2.29. The highest BCUT2D eigenvalue weighted by Crippen LogP contribution is 2.18. The number of para-hydroxylation sites is 1. The van der Waals surface area contributed by atoms with Gasteiger partial charge in [-0.2, -0.15) is 0 Å². The van der Waals surface area contributed by atoms with Gasteiger partial charge < -0.3 is 15.0 Å². The zero-order valence-corrected chi connectivity index (χ0v) is 18.3. The topological polar surface area (TPSA) is 58.6 Å². The number of carbonyl (C=O) groups is 2. The molecule has 1 atom stereocenters. The Kier molecular flexibility index (Phi) is 8.05. The summed E-state index contributed by atoms with van der Waals surface area (Å²) in [4.78, 5) is 27.0. The first-order chi connectivity index (χ1) is 13.3. The molecule has 0 spiro atoms. The van der Waals surface area contributed by atoms with Crippen molar-refractivity contribution in [2.45, 2.75) is 46.3 Å². The maximum Gasteiger partial charge on any atom is 0.261 e. The first-order valence-corrected chi connectivity index (χ1v) is 10.1. The lowest BCUT2D eigenvalue weighted by molar-refractivity contribution is -0.142. The molecule has 0 saturated heterocycles. The molecule has 5 nitrogen and oxygen atoms in total. The fourth-order valence-corrected chi connectivity index (χ4v) is 3.21. The fraction of sp³-hybridized carbons (Fsp3) is 0.364. The molecule has 2 rings (SSSR count). The average molecular weight is 447 g/mol. The molecule has 0 radical (unpaired) electrons. The van der Waals surface area contributed by atoms with E-state index < -0.39 is 6.04 Å². The van der Waals surface area contributed by atoms with Gasteiger partial charge in [0.1, 0.15) is 11.8 Å². The molecule has 0 aliphatic heterocycles. The Bertz CT molecular complexity index is 823. The predicted molar refractivity (Wildman–Crippen MR) is 114 cm³/mol. The minimum absolute atomic E-state index is 0.000917. The van der Waals surface area contributed by atoms with E-state index in [1.165, 1.54) is 0 Å². The Labute approximate surface area is 175 Å². The molecular weight excluding hydrogens is 420 g/mol. The smallest absolute Gasteiger partial charge is 0.261 e. The summed E-state index contributed by atoms with van der Waals surface area (Å²) in [5.41, 5.74) is 1.89. The van der Waals surface area contributed by atoms with E-state index >= 15 is 0 Å². The van der Waals surface area contributed by atoms with Gasteiger partial charge in [-0.1, -0.05) is 46.3 Å². The van der Waals surface area contributed by atoms with Crippen molar-refractivity contribution in [2.75, 3.05) is 6.61 Å². The van der Waals surface area contributed by atoms with Crippen molar-refractivity contribution in [1.82, 2.24) is 10.2 Å². The lowest BCUT2D eigenvalue weighted by atomic mass is 10.1. The molecule has 0 aliphatic rings. The summed E-state index contributed by atoms with van der Waals surface area (Å²) >= 11 is 3.45. The molecule has 2 aromatic rings. The minimum atomic E-state index is -0.616. The summed E-state index contributed by atoms with van der Waals surface area (Å²) in [7, 11) is 0. The highest BCUT2D eigenvalue weighted by Gasteiger charge is 2.27. The van der Waals surface area contributed by atoms with E-state index in [9.17, 15) is 9.59 Å². The Morgan fingerprint density at radius 3 is 2.46 bits per heavy atom. The molecule has 2 amide bonds. The van der Waals surface area contributed by atoms with E-state index in [1.807, 2.05) is 69.3 Å². The van der Waals surface area contributed by atoms with Crippen LogP contribution in [0.5, 0.6) is 5.75 Å². The maximum absolute atomic E-state index is 13.0. The number of benzene rings is 2.